The summed E-state index contributed by atoms with van der Waals surface area (Å²) in [4.78, 5) is 0. The van der Waals surface area contributed by atoms with Gasteiger partial charge in [-0.3, -0.25) is 0 Å². The smallest absolute Gasteiger partial charge is 0.251 e. The minimum atomic E-state index is -1.73. The second-order valence-corrected chi connectivity index (χ2v) is 11.8. The highest BCUT2D eigenvalue weighted by Crippen LogP contribution is 2.39. The zero-order valence-corrected chi connectivity index (χ0v) is 13.9. The van der Waals surface area contributed by atoms with Gasteiger partial charge in [-0.1, -0.05) is 69.4 Å². The Hall–Kier alpha value is -0.673. The number of hydrogen-bond acceptors (Lipinski definition) is 2. The molecule has 0 N–H and O–H groups in total. The van der Waals surface area contributed by atoms with Gasteiger partial charge < -0.3 is 4.43 Å². The molecule has 3 heteroatoms. The van der Waals surface area contributed by atoms with Crippen LogP contribution in [-0.2, 0) is 10.2 Å². The van der Waals surface area contributed by atoms with Gasteiger partial charge in [-0.15, -0.1) is 0 Å². The Morgan fingerprint density at radius 3 is 2.28 bits per heavy atom. The second-order valence-electron chi connectivity index (χ2n) is 6.01. The molecule has 0 fully saturated rings. The molecule has 0 unspecified atom stereocenters. The van der Waals surface area contributed by atoms with Gasteiger partial charge >= 0.3 is 0 Å². The van der Waals surface area contributed by atoms with Gasteiger partial charge in [0.05, 0.1) is 0 Å². The molecular formula is C15H24OSSi. The molecule has 0 amide bonds. The van der Waals surface area contributed by atoms with E-state index in [0.717, 1.165) is 10.8 Å². The Morgan fingerprint density at radius 1 is 1.22 bits per heavy atom. The third-order valence-corrected chi connectivity index (χ3v) is 8.82. The van der Waals surface area contributed by atoms with E-state index < -0.39 is 8.32 Å². The van der Waals surface area contributed by atoms with E-state index in [4.69, 9.17) is 4.43 Å². The van der Waals surface area contributed by atoms with Gasteiger partial charge in [0, 0.05) is 5.75 Å². The van der Waals surface area contributed by atoms with Crippen LogP contribution < -0.4 is 0 Å². The van der Waals surface area contributed by atoms with Gasteiger partial charge in [-0.25, -0.2) is 0 Å². The molecule has 18 heavy (non-hydrogen) atoms. The van der Waals surface area contributed by atoms with E-state index in [1.54, 1.807) is 11.8 Å². The molecule has 0 bridgehead atoms. The van der Waals surface area contributed by atoms with E-state index in [1.165, 1.54) is 5.56 Å². The van der Waals surface area contributed by atoms with Crippen molar-refractivity contribution in [3.8, 4) is 0 Å². The van der Waals surface area contributed by atoms with Crippen LogP contribution in [-0.4, -0.2) is 8.32 Å². The fourth-order valence-electron chi connectivity index (χ4n) is 1.21. The van der Waals surface area contributed by atoms with Gasteiger partial charge in [0.15, 0.2) is 0 Å². The minimum absolute atomic E-state index is 0.225. The molecule has 0 atom stereocenters. The van der Waals surface area contributed by atoms with Crippen molar-refractivity contribution in [2.45, 2.75) is 44.7 Å². The summed E-state index contributed by atoms with van der Waals surface area (Å²) < 4.78 is 6.13. The molecule has 0 spiro atoms. The maximum Gasteiger partial charge on any atom is 0.251 e. The van der Waals surface area contributed by atoms with Crippen molar-refractivity contribution >= 4 is 20.1 Å². The fraction of sp³-hybridized carbons (Fsp3) is 0.467. The minimum Gasteiger partial charge on any atom is -0.539 e. The molecule has 0 saturated heterocycles. The maximum atomic E-state index is 6.13. The summed E-state index contributed by atoms with van der Waals surface area (Å²) in [6.45, 7) is 15.3. The molecular weight excluding hydrogens is 256 g/mol. The molecule has 0 aliphatic rings. The summed E-state index contributed by atoms with van der Waals surface area (Å²) in [5, 5.41) is 1.08. The Morgan fingerprint density at radius 2 is 1.78 bits per heavy atom. The molecule has 1 aromatic rings. The summed E-state index contributed by atoms with van der Waals surface area (Å²) in [5.74, 6) is 0.925. The van der Waals surface area contributed by atoms with Gasteiger partial charge in [0.2, 0.25) is 0 Å². The first-order chi connectivity index (χ1) is 8.22. The van der Waals surface area contributed by atoms with Crippen LogP contribution in [0.2, 0.25) is 18.1 Å². The largest absolute Gasteiger partial charge is 0.539 e. The summed E-state index contributed by atoms with van der Waals surface area (Å²) in [7, 11) is -1.73. The number of benzene rings is 1. The summed E-state index contributed by atoms with van der Waals surface area (Å²) >= 11 is 1.69. The third-order valence-electron chi connectivity index (χ3n) is 3.42. The zero-order chi connectivity index (χ0) is 13.8. The maximum absolute atomic E-state index is 6.13. The van der Waals surface area contributed by atoms with Gasteiger partial charge in [0.25, 0.3) is 8.32 Å². The number of rotatable bonds is 5. The molecule has 1 aromatic carbocycles. The van der Waals surface area contributed by atoms with Gasteiger partial charge in [-0.05, 0) is 23.7 Å². The Labute approximate surface area is 117 Å². The lowest BCUT2D eigenvalue weighted by Crippen LogP contribution is -2.40. The van der Waals surface area contributed by atoms with E-state index in [-0.39, 0.29) is 5.04 Å². The summed E-state index contributed by atoms with van der Waals surface area (Å²) in [6.07, 6.45) is 0. The predicted octanol–water partition coefficient (Wildman–Crippen LogP) is 5.41. The van der Waals surface area contributed by atoms with Crippen LogP contribution in [0, 0.1) is 0 Å². The molecule has 0 saturated carbocycles. The van der Waals surface area contributed by atoms with Crippen LogP contribution in [0.4, 0.5) is 0 Å². The SMILES string of the molecule is C=C(O[Si](C)(C)C(C)(C)C)SCc1ccccc1. The van der Waals surface area contributed by atoms with Crippen LogP contribution in [0.5, 0.6) is 0 Å². The Kier molecular flexibility index (Phi) is 5.11. The quantitative estimate of drug-likeness (QED) is 0.526. The van der Waals surface area contributed by atoms with Crippen LogP contribution in [0.1, 0.15) is 26.3 Å². The van der Waals surface area contributed by atoms with Crippen molar-refractivity contribution in [3.05, 3.63) is 47.6 Å². The average Bonchev–Trinajstić information content (AvgIpc) is 2.26. The first-order valence-corrected chi connectivity index (χ1v) is 10.2. The van der Waals surface area contributed by atoms with E-state index in [0.29, 0.717) is 0 Å². The fourth-order valence-corrected chi connectivity index (χ4v) is 3.46. The predicted molar refractivity (Wildman–Crippen MR) is 85.2 cm³/mol. The lowest BCUT2D eigenvalue weighted by Gasteiger charge is -2.36. The normalized spacial score (nSPS) is 12.3. The molecule has 0 radical (unpaired) electrons. The molecule has 0 aromatic heterocycles. The van der Waals surface area contributed by atoms with Crippen LogP contribution in [0.25, 0.3) is 0 Å². The average molecular weight is 281 g/mol. The first kappa shape index (κ1) is 15.4. The van der Waals surface area contributed by atoms with E-state index in [1.807, 2.05) is 6.07 Å². The summed E-state index contributed by atoms with van der Waals surface area (Å²) in [6, 6.07) is 10.4. The van der Waals surface area contributed by atoms with Crippen LogP contribution in [0.15, 0.2) is 42.0 Å². The highest BCUT2D eigenvalue weighted by atomic mass is 32.2. The monoisotopic (exact) mass is 280 g/mol. The second kappa shape index (κ2) is 5.98. The topological polar surface area (TPSA) is 9.23 Å². The summed E-state index contributed by atoms with van der Waals surface area (Å²) in [5.41, 5.74) is 1.31. The Balaban J connectivity index is 2.48. The van der Waals surface area contributed by atoms with Crippen molar-refractivity contribution in [1.29, 1.82) is 0 Å². The highest BCUT2D eigenvalue weighted by Gasteiger charge is 2.39. The molecule has 0 heterocycles. The van der Waals surface area contributed by atoms with E-state index in [2.05, 4.69) is 64.7 Å². The lowest BCUT2D eigenvalue weighted by molar-refractivity contribution is 0.419. The van der Waals surface area contributed by atoms with Crippen molar-refractivity contribution in [1.82, 2.24) is 0 Å². The first-order valence-electron chi connectivity index (χ1n) is 6.27. The van der Waals surface area contributed by atoms with Crippen LogP contribution in [0.3, 0.4) is 0 Å². The number of thioether (sulfide) groups is 1. The molecule has 1 rings (SSSR count). The molecule has 0 aliphatic carbocycles. The number of hydrogen-bond donors (Lipinski definition) is 0. The van der Waals surface area contributed by atoms with Gasteiger partial charge in [0.1, 0.15) is 5.09 Å². The van der Waals surface area contributed by atoms with Crippen molar-refractivity contribution in [3.63, 3.8) is 0 Å². The van der Waals surface area contributed by atoms with Gasteiger partial charge in [-0.2, -0.15) is 0 Å². The Bertz CT molecular complexity index is 393. The van der Waals surface area contributed by atoms with Crippen molar-refractivity contribution in [2.75, 3.05) is 0 Å². The van der Waals surface area contributed by atoms with E-state index in [9.17, 15) is 0 Å². The lowest BCUT2D eigenvalue weighted by atomic mass is 10.2. The van der Waals surface area contributed by atoms with E-state index >= 15 is 0 Å². The van der Waals surface area contributed by atoms with Crippen molar-refractivity contribution in [2.24, 2.45) is 0 Å². The third kappa shape index (κ3) is 4.54. The van der Waals surface area contributed by atoms with Crippen LogP contribution >= 0.6 is 11.8 Å². The standard InChI is InChI=1S/C15H24OSSi/c1-13(16-18(5,6)15(2,3)4)17-12-14-10-8-7-9-11-14/h7-11H,1,12H2,2-6H3. The van der Waals surface area contributed by atoms with Crippen molar-refractivity contribution < 1.29 is 4.43 Å². The zero-order valence-electron chi connectivity index (χ0n) is 12.1. The molecule has 0 aliphatic heterocycles. The molecule has 100 valence electrons. The highest BCUT2D eigenvalue weighted by molar-refractivity contribution is 8.02. The molecule has 1 nitrogen and oxygen atoms in total.